The number of hydrogen-bond acceptors (Lipinski definition) is 4. The average Bonchev–Trinajstić information content (AvgIpc) is 2.97. The van der Waals surface area contributed by atoms with Crippen molar-refractivity contribution in [3.63, 3.8) is 0 Å². The molecule has 0 fully saturated rings. The van der Waals surface area contributed by atoms with Gasteiger partial charge in [0.05, 0.1) is 28.7 Å². The summed E-state index contributed by atoms with van der Waals surface area (Å²) in [5.74, 6) is -0.233. The summed E-state index contributed by atoms with van der Waals surface area (Å²) in [6, 6.07) is 13.7. The molecule has 29 heavy (non-hydrogen) atoms. The Morgan fingerprint density at radius 1 is 1.14 bits per heavy atom. The zero-order chi connectivity index (χ0) is 20.4. The number of amides is 3. The number of nitrogens with zero attached hydrogens (tertiary/aromatic N) is 2. The molecule has 0 radical (unpaired) electrons. The van der Waals surface area contributed by atoms with Crippen molar-refractivity contribution in [3.8, 4) is 0 Å². The van der Waals surface area contributed by atoms with Gasteiger partial charge in [-0.2, -0.15) is 0 Å². The Labute approximate surface area is 167 Å². The molecule has 0 saturated carbocycles. The van der Waals surface area contributed by atoms with Gasteiger partial charge < -0.3 is 20.5 Å². The summed E-state index contributed by atoms with van der Waals surface area (Å²) in [5.41, 5.74) is 2.77. The molecule has 3 N–H and O–H groups in total. The quantitative estimate of drug-likeness (QED) is 0.611. The van der Waals surface area contributed by atoms with E-state index in [0.717, 1.165) is 16.9 Å². The molecular weight excluding hydrogens is 370 g/mol. The Kier molecular flexibility index (Phi) is 4.99. The first-order valence-electron chi connectivity index (χ1n) is 9.40. The molecule has 1 aromatic heterocycles. The highest BCUT2D eigenvalue weighted by molar-refractivity contribution is 6.10. The normalized spacial score (nSPS) is 16.0. The molecule has 0 saturated heterocycles. The monoisotopic (exact) mass is 391 g/mol. The Morgan fingerprint density at radius 2 is 1.90 bits per heavy atom. The summed E-state index contributed by atoms with van der Waals surface area (Å²) < 4.78 is 2.00. The molecule has 0 spiro atoms. The van der Waals surface area contributed by atoms with E-state index in [0.29, 0.717) is 24.2 Å². The van der Waals surface area contributed by atoms with E-state index >= 15 is 0 Å². The van der Waals surface area contributed by atoms with Crippen LogP contribution in [0.3, 0.4) is 0 Å². The Hall–Kier alpha value is -3.68. The lowest BCUT2D eigenvalue weighted by molar-refractivity contribution is -0.125. The van der Waals surface area contributed by atoms with Crippen molar-refractivity contribution in [2.75, 3.05) is 11.9 Å². The number of anilines is 1. The van der Waals surface area contributed by atoms with Crippen LogP contribution in [0.2, 0.25) is 0 Å². The van der Waals surface area contributed by atoms with Crippen LogP contribution >= 0.6 is 0 Å². The van der Waals surface area contributed by atoms with Crippen LogP contribution in [-0.4, -0.2) is 39.9 Å². The van der Waals surface area contributed by atoms with Gasteiger partial charge in [-0.15, -0.1) is 0 Å². The van der Waals surface area contributed by atoms with Crippen LogP contribution in [0.15, 0.2) is 48.5 Å². The van der Waals surface area contributed by atoms with Gasteiger partial charge >= 0.3 is 0 Å². The third-order valence-corrected chi connectivity index (χ3v) is 4.99. The lowest BCUT2D eigenvalue weighted by Gasteiger charge is -2.14. The molecule has 3 aromatic rings. The topological polar surface area (TPSA) is 105 Å². The van der Waals surface area contributed by atoms with Gasteiger partial charge in [0, 0.05) is 20.0 Å². The van der Waals surface area contributed by atoms with E-state index in [-0.39, 0.29) is 18.2 Å². The minimum atomic E-state index is -0.925. The molecule has 8 heteroatoms. The number of aryl methyl sites for hydroxylation is 1. The number of imidazole rings is 1. The van der Waals surface area contributed by atoms with Crippen LogP contribution < -0.4 is 16.0 Å². The number of nitrogens with one attached hydrogen (secondary N) is 3. The van der Waals surface area contributed by atoms with Gasteiger partial charge in [-0.3, -0.25) is 14.4 Å². The predicted octanol–water partition coefficient (Wildman–Crippen LogP) is 1.37. The van der Waals surface area contributed by atoms with Crippen molar-refractivity contribution in [1.82, 2.24) is 20.2 Å². The number of rotatable bonds is 5. The van der Waals surface area contributed by atoms with E-state index in [9.17, 15) is 14.4 Å². The second kappa shape index (κ2) is 7.75. The molecule has 2 aromatic carbocycles. The largest absolute Gasteiger partial charge is 0.356 e. The number of para-hydroxylation sites is 3. The molecule has 148 valence electrons. The van der Waals surface area contributed by atoms with E-state index < -0.39 is 11.9 Å². The van der Waals surface area contributed by atoms with Gasteiger partial charge in [0.15, 0.2) is 0 Å². The first-order valence-corrected chi connectivity index (χ1v) is 9.40. The molecule has 4 rings (SSSR count). The summed E-state index contributed by atoms with van der Waals surface area (Å²) in [5, 5.41) is 8.12. The third kappa shape index (κ3) is 3.82. The molecule has 1 aliphatic rings. The fourth-order valence-electron chi connectivity index (χ4n) is 3.45. The molecule has 0 bridgehead atoms. The molecule has 2 heterocycles. The second-order valence-corrected chi connectivity index (χ2v) is 6.94. The lowest BCUT2D eigenvalue weighted by Crippen LogP contribution is -2.44. The molecule has 0 unspecified atom stereocenters. The third-order valence-electron chi connectivity index (χ3n) is 4.99. The van der Waals surface area contributed by atoms with Crippen LogP contribution in [0.1, 0.15) is 22.6 Å². The van der Waals surface area contributed by atoms with Crippen LogP contribution in [0, 0.1) is 0 Å². The van der Waals surface area contributed by atoms with Crippen LogP contribution in [0.4, 0.5) is 5.69 Å². The zero-order valence-corrected chi connectivity index (χ0v) is 15.9. The van der Waals surface area contributed by atoms with Crippen molar-refractivity contribution < 1.29 is 14.4 Å². The van der Waals surface area contributed by atoms with Gasteiger partial charge in [-0.25, -0.2) is 4.98 Å². The summed E-state index contributed by atoms with van der Waals surface area (Å²) >= 11 is 0. The van der Waals surface area contributed by atoms with Crippen LogP contribution in [0.25, 0.3) is 11.0 Å². The van der Waals surface area contributed by atoms with Crippen molar-refractivity contribution >= 4 is 34.4 Å². The molecular formula is C21H21N5O3. The van der Waals surface area contributed by atoms with Crippen molar-refractivity contribution in [2.24, 2.45) is 7.05 Å². The van der Waals surface area contributed by atoms with Crippen molar-refractivity contribution in [3.05, 3.63) is 59.9 Å². The lowest BCUT2D eigenvalue weighted by atomic mass is 10.1. The number of carbonyl (C=O) groups is 3. The number of benzene rings is 2. The average molecular weight is 391 g/mol. The molecule has 8 nitrogen and oxygen atoms in total. The van der Waals surface area contributed by atoms with E-state index in [2.05, 4.69) is 20.9 Å². The predicted molar refractivity (Wildman–Crippen MR) is 108 cm³/mol. The maximum atomic E-state index is 12.4. The van der Waals surface area contributed by atoms with E-state index in [1.54, 1.807) is 24.3 Å². The fraction of sp³-hybridized carbons (Fsp3) is 0.238. The SMILES string of the molecule is Cn1c(CCNC(=O)C[C@@H]2NC(=O)c3ccccc3NC2=O)nc2ccccc21. The van der Waals surface area contributed by atoms with Gasteiger partial charge in [0.2, 0.25) is 11.8 Å². The summed E-state index contributed by atoms with van der Waals surface area (Å²) in [4.78, 5) is 41.6. The Morgan fingerprint density at radius 3 is 2.72 bits per heavy atom. The number of aromatic nitrogens is 2. The Bertz CT molecular complexity index is 1100. The minimum absolute atomic E-state index is 0.131. The molecule has 3 amide bonds. The maximum Gasteiger partial charge on any atom is 0.254 e. The standard InChI is InChI=1S/C21H21N5O3/c1-26-17-9-5-4-8-15(17)23-18(26)10-11-22-19(27)12-16-21(29)24-14-7-3-2-6-13(14)20(28)25-16/h2-9,16H,10-12H2,1H3,(H,22,27)(H,24,29)(H,25,28)/t16-/m0/s1. The Balaban J connectivity index is 1.34. The van der Waals surface area contributed by atoms with Gasteiger partial charge in [0.25, 0.3) is 5.91 Å². The smallest absolute Gasteiger partial charge is 0.254 e. The summed E-state index contributed by atoms with van der Waals surface area (Å²) in [6.45, 7) is 0.387. The minimum Gasteiger partial charge on any atom is -0.356 e. The van der Waals surface area contributed by atoms with Gasteiger partial charge in [-0.05, 0) is 24.3 Å². The maximum absolute atomic E-state index is 12.4. The van der Waals surface area contributed by atoms with E-state index in [1.165, 1.54) is 0 Å². The first kappa shape index (κ1) is 18.7. The number of hydrogen-bond donors (Lipinski definition) is 3. The zero-order valence-electron chi connectivity index (χ0n) is 15.9. The van der Waals surface area contributed by atoms with Crippen molar-refractivity contribution in [1.29, 1.82) is 0 Å². The molecule has 1 atom stereocenters. The van der Waals surface area contributed by atoms with Crippen LogP contribution in [-0.2, 0) is 23.1 Å². The molecule has 0 aliphatic carbocycles. The van der Waals surface area contributed by atoms with E-state index in [1.807, 2.05) is 35.9 Å². The summed E-state index contributed by atoms with van der Waals surface area (Å²) in [7, 11) is 1.94. The number of carbonyl (C=O) groups excluding carboxylic acids is 3. The van der Waals surface area contributed by atoms with Crippen LogP contribution in [0.5, 0.6) is 0 Å². The highest BCUT2D eigenvalue weighted by atomic mass is 16.2. The molecule has 1 aliphatic heterocycles. The van der Waals surface area contributed by atoms with Crippen molar-refractivity contribution in [2.45, 2.75) is 18.9 Å². The number of fused-ring (bicyclic) bond motifs is 2. The fourth-order valence-corrected chi connectivity index (χ4v) is 3.45. The first-order chi connectivity index (χ1) is 14.0. The highest BCUT2D eigenvalue weighted by Gasteiger charge is 2.29. The van der Waals surface area contributed by atoms with E-state index in [4.69, 9.17) is 0 Å². The van der Waals surface area contributed by atoms with Gasteiger partial charge in [-0.1, -0.05) is 24.3 Å². The summed E-state index contributed by atoms with van der Waals surface area (Å²) in [6.07, 6.45) is 0.430. The van der Waals surface area contributed by atoms with Gasteiger partial charge in [0.1, 0.15) is 11.9 Å². The second-order valence-electron chi connectivity index (χ2n) is 6.94. The highest BCUT2D eigenvalue weighted by Crippen LogP contribution is 2.19.